The summed E-state index contributed by atoms with van der Waals surface area (Å²) >= 11 is 0.728. The van der Waals surface area contributed by atoms with Crippen molar-refractivity contribution in [2.75, 3.05) is 11.5 Å². The first-order valence-electron chi connectivity index (χ1n) is 10.6. The highest BCUT2D eigenvalue weighted by Crippen LogP contribution is 2.84. The number of nitrogens with one attached hydrogen (secondary N) is 1. The van der Waals surface area contributed by atoms with Crippen molar-refractivity contribution in [1.82, 2.24) is 4.72 Å². The van der Waals surface area contributed by atoms with E-state index >= 15 is 0 Å². The number of rotatable bonds is 10. The Labute approximate surface area is 205 Å². The van der Waals surface area contributed by atoms with Gasteiger partial charge in [-0.15, -0.1) is 0 Å². The molecule has 2 heterocycles. The van der Waals surface area contributed by atoms with Crippen LogP contribution in [0.3, 0.4) is 0 Å². The van der Waals surface area contributed by atoms with Crippen LogP contribution in [0.15, 0.2) is 63.6 Å². The zero-order valence-electron chi connectivity index (χ0n) is 19.1. The quantitative estimate of drug-likeness (QED) is 0.161. The molecule has 1 aromatic heterocycles. The first-order valence-corrected chi connectivity index (χ1v) is 14.0. The third-order valence-electron chi connectivity index (χ3n) is 6.34. The van der Waals surface area contributed by atoms with E-state index in [1.807, 2.05) is 0 Å². The Morgan fingerprint density at radius 1 is 1.06 bits per heavy atom. The van der Waals surface area contributed by atoms with Gasteiger partial charge in [-0.05, 0) is 29.9 Å². The number of amides is 1. The normalized spacial score (nSPS) is 17.4. The number of thiophene rings is 1. The number of nitro groups is 1. The molecule has 2 aromatic rings. The fourth-order valence-electron chi connectivity index (χ4n) is 4.71. The average Bonchev–Trinajstić information content (AvgIpc) is 3.39. The maximum Gasteiger partial charge on any atom is 0.339 e. The topological polar surface area (TPSA) is 159 Å². The van der Waals surface area contributed by atoms with Crippen molar-refractivity contribution in [3.63, 3.8) is 0 Å². The number of carbonyl (C=O) groups is 3. The molecule has 1 aliphatic rings. The van der Waals surface area contributed by atoms with Crippen molar-refractivity contribution in [1.29, 1.82) is 0 Å². The Morgan fingerprint density at radius 3 is 2.11 bits per heavy atom. The van der Waals surface area contributed by atoms with E-state index in [0.29, 0.717) is 5.56 Å². The molecule has 12 heteroatoms. The van der Waals surface area contributed by atoms with Crippen LogP contribution >= 0.6 is 20.7 Å². The number of hydrogen-bond acceptors (Lipinski definition) is 7. The molecule has 0 radical (unpaired) electrons. The number of hydrogen-bond donors (Lipinski definition) is 4. The molecule has 1 aromatic carbocycles. The molecule has 0 saturated carbocycles. The molecule has 1 amide bonds. The highest BCUT2D eigenvalue weighted by Gasteiger charge is 2.57. The van der Waals surface area contributed by atoms with Crippen molar-refractivity contribution in [2.24, 2.45) is 4.99 Å². The highest BCUT2D eigenvalue weighted by atomic mass is 32.3. The van der Waals surface area contributed by atoms with Crippen molar-refractivity contribution in [2.45, 2.75) is 20.3 Å². The van der Waals surface area contributed by atoms with E-state index in [0.717, 1.165) is 11.3 Å². The second-order valence-electron chi connectivity index (χ2n) is 7.92. The van der Waals surface area contributed by atoms with Gasteiger partial charge in [-0.1, -0.05) is 55.5 Å². The van der Waals surface area contributed by atoms with Gasteiger partial charge in [-0.3, -0.25) is 19.9 Å². The predicted octanol–water partition coefficient (Wildman–Crippen LogP) is 3.85. The standard InChI is InChI=1S/C23H25N3O7S2/c1-4-35(5-2,25-16(27)13-14-9-7-6-8-10-14)20(15-11-12-17(34-15)26(32)33)18(22(28)29)19(23(30)31)21(35)24-3/h6-12,35H,3-5,13H2,1-2H3,(H,25,27)(H,28,29)(H,30,31). The third kappa shape index (κ3) is 4.04. The molecule has 0 saturated heterocycles. The summed E-state index contributed by atoms with van der Waals surface area (Å²) < 4.78 is 3.06. The van der Waals surface area contributed by atoms with Crippen LogP contribution in [0.5, 0.6) is 0 Å². The van der Waals surface area contributed by atoms with Gasteiger partial charge in [0.15, 0.2) is 0 Å². The number of aliphatic carboxylic acids is 2. The molecule has 186 valence electrons. The molecule has 0 atom stereocenters. The molecular formula is C23H25N3O7S2. The van der Waals surface area contributed by atoms with Gasteiger partial charge in [-0.2, -0.15) is 9.35 Å². The number of thiol groups is 1. The van der Waals surface area contributed by atoms with Crippen LogP contribution in [0, 0.1) is 10.1 Å². The molecule has 0 aliphatic carbocycles. The Bertz CT molecular complexity index is 1310. The lowest BCUT2D eigenvalue weighted by Crippen LogP contribution is -2.43. The maximum absolute atomic E-state index is 13.4. The van der Waals surface area contributed by atoms with Gasteiger partial charge in [0.25, 0.3) is 0 Å². The highest BCUT2D eigenvalue weighted by molar-refractivity contribution is 8.58. The van der Waals surface area contributed by atoms with Gasteiger partial charge in [0, 0.05) is 15.8 Å². The lowest BCUT2D eigenvalue weighted by atomic mass is 10.1. The number of nitrogens with zero attached hydrogens (tertiary/aromatic N) is 2. The molecule has 1 aliphatic heterocycles. The predicted molar refractivity (Wildman–Crippen MR) is 138 cm³/mol. The smallest absolute Gasteiger partial charge is 0.339 e. The van der Waals surface area contributed by atoms with Gasteiger partial charge in [-0.25, -0.2) is 9.59 Å². The SMILES string of the molecule is C=NC1=C(C(=O)O)C(C(=O)O)=C(c2ccc([N+](=O)[O-])s2)[SH]1(CC)(CC)NC(=O)Cc1ccccc1. The van der Waals surface area contributed by atoms with Crippen LogP contribution < -0.4 is 4.72 Å². The minimum atomic E-state index is -4.18. The Kier molecular flexibility index (Phi) is 6.99. The molecule has 3 rings (SSSR count). The Hall–Kier alpha value is -3.77. The zero-order valence-corrected chi connectivity index (χ0v) is 20.8. The fraction of sp³-hybridized carbons (Fsp3) is 0.217. The summed E-state index contributed by atoms with van der Waals surface area (Å²) in [5.74, 6) is -3.21. The number of aliphatic imine (C=N–C) groups is 1. The van der Waals surface area contributed by atoms with E-state index in [1.54, 1.807) is 44.2 Å². The average molecular weight is 520 g/mol. The van der Waals surface area contributed by atoms with Gasteiger partial charge < -0.3 is 14.9 Å². The van der Waals surface area contributed by atoms with E-state index < -0.39 is 43.3 Å². The second-order valence-corrected chi connectivity index (χ2v) is 14.4. The van der Waals surface area contributed by atoms with E-state index in [9.17, 15) is 34.7 Å². The summed E-state index contributed by atoms with van der Waals surface area (Å²) in [6, 6.07) is 11.5. The number of carbonyl (C=O) groups excluding carboxylic acids is 1. The summed E-state index contributed by atoms with van der Waals surface area (Å²) in [6.07, 6.45) is -0.0359. The zero-order chi connectivity index (χ0) is 26.0. The van der Waals surface area contributed by atoms with Gasteiger partial charge in [0.05, 0.1) is 21.9 Å². The monoisotopic (exact) mass is 519 g/mol. The van der Waals surface area contributed by atoms with Crippen molar-refractivity contribution in [3.05, 3.63) is 79.2 Å². The van der Waals surface area contributed by atoms with Crippen LogP contribution in [-0.4, -0.2) is 51.2 Å². The Balaban J connectivity index is 2.39. The van der Waals surface area contributed by atoms with E-state index in [1.165, 1.54) is 12.1 Å². The number of carboxylic acid groups (broad SMARTS) is 2. The fourth-order valence-corrected chi connectivity index (χ4v) is 11.8. The number of benzene rings is 1. The molecule has 0 fully saturated rings. The Morgan fingerprint density at radius 2 is 1.66 bits per heavy atom. The summed E-state index contributed by atoms with van der Waals surface area (Å²) in [5, 5.41) is 31.3. The second kappa shape index (κ2) is 9.47. The summed E-state index contributed by atoms with van der Waals surface area (Å²) in [5.41, 5.74) is -0.377. The first-order chi connectivity index (χ1) is 16.5. The van der Waals surface area contributed by atoms with Crippen LogP contribution in [-0.2, 0) is 20.8 Å². The minimum Gasteiger partial charge on any atom is -0.478 e. The van der Waals surface area contributed by atoms with Gasteiger partial charge in [0.2, 0.25) is 5.91 Å². The van der Waals surface area contributed by atoms with Crippen LogP contribution in [0.25, 0.3) is 4.91 Å². The molecular weight excluding hydrogens is 494 g/mol. The van der Waals surface area contributed by atoms with E-state index in [2.05, 4.69) is 16.4 Å². The van der Waals surface area contributed by atoms with Crippen LogP contribution in [0.4, 0.5) is 5.00 Å². The summed E-state index contributed by atoms with van der Waals surface area (Å²) in [6.45, 7) is 6.99. The maximum atomic E-state index is 13.4. The molecule has 0 unspecified atom stereocenters. The van der Waals surface area contributed by atoms with Gasteiger partial charge >= 0.3 is 16.9 Å². The molecule has 35 heavy (non-hydrogen) atoms. The lowest BCUT2D eigenvalue weighted by Gasteiger charge is -2.61. The summed E-state index contributed by atoms with van der Waals surface area (Å²) in [7, 11) is -4.18. The largest absolute Gasteiger partial charge is 0.478 e. The minimum absolute atomic E-state index is 0.0359. The van der Waals surface area contributed by atoms with Crippen molar-refractivity contribution >= 4 is 55.2 Å². The van der Waals surface area contributed by atoms with Crippen LogP contribution in [0.2, 0.25) is 0 Å². The van der Waals surface area contributed by atoms with Gasteiger partial charge in [0.1, 0.15) is 5.57 Å². The summed E-state index contributed by atoms with van der Waals surface area (Å²) in [4.78, 5) is 53.4. The van der Waals surface area contributed by atoms with E-state index in [4.69, 9.17) is 0 Å². The van der Waals surface area contributed by atoms with Crippen LogP contribution in [0.1, 0.15) is 24.3 Å². The van der Waals surface area contributed by atoms with Crippen molar-refractivity contribution < 1.29 is 29.5 Å². The van der Waals surface area contributed by atoms with Crippen molar-refractivity contribution in [3.8, 4) is 0 Å². The molecule has 3 N–H and O–H groups in total. The first kappa shape index (κ1) is 25.8. The third-order valence-corrected chi connectivity index (χ3v) is 14.1. The number of carboxylic acids is 2. The molecule has 10 nitrogen and oxygen atoms in total. The molecule has 0 spiro atoms. The molecule has 0 bridgehead atoms. The van der Waals surface area contributed by atoms with E-state index in [-0.39, 0.29) is 37.7 Å². The lowest BCUT2D eigenvalue weighted by molar-refractivity contribution is -0.380.